The van der Waals surface area contributed by atoms with Gasteiger partial charge in [0, 0.05) is 37.9 Å². The van der Waals surface area contributed by atoms with Crippen LogP contribution in [0.25, 0.3) is 66.1 Å². The SMILES string of the molecule is Cc1ccc2c(c1)c1cc(C)ccc1n2-c1c(-c2ccccc2)c(-n2c3ccc(C)cc3c3cc(C)ccc32)c(N2c3ccccc3C(C)(c3ccccc3)c3ccccc32)c(C#N)c1N1c2ccccc2C(C)(c2ccccc2)c2ccccc21. The third kappa shape index (κ3) is 7.17. The largest absolute Gasteiger partial charge is 0.307 e. The minimum Gasteiger partial charge on any atom is -0.307 e. The summed E-state index contributed by atoms with van der Waals surface area (Å²) in [5, 5.41) is 18.0. The number of anilines is 6. The summed E-state index contributed by atoms with van der Waals surface area (Å²) in [4.78, 5) is 4.94. The van der Waals surface area contributed by atoms with E-state index in [1.807, 2.05) is 0 Å². The van der Waals surface area contributed by atoms with Crippen LogP contribution in [0.3, 0.4) is 0 Å². The Bertz CT molecular complexity index is 4650. The van der Waals surface area contributed by atoms with E-state index in [1.54, 1.807) is 0 Å². The van der Waals surface area contributed by atoms with Gasteiger partial charge in [0.1, 0.15) is 11.6 Å². The van der Waals surface area contributed by atoms with Crippen molar-refractivity contribution in [3.63, 3.8) is 0 Å². The molecule has 5 heteroatoms. The second-order valence-corrected chi connectivity index (χ2v) is 24.1. The van der Waals surface area contributed by atoms with Crippen LogP contribution in [-0.2, 0) is 10.8 Å². The zero-order chi connectivity index (χ0) is 58.2. The minimum atomic E-state index is -0.587. The Labute approximate surface area is 502 Å². The highest BCUT2D eigenvalue weighted by molar-refractivity contribution is 6.17. The molecule has 14 aromatic rings. The van der Waals surface area contributed by atoms with Crippen LogP contribution in [0.15, 0.2) is 261 Å². The van der Waals surface area contributed by atoms with E-state index in [1.165, 1.54) is 33.4 Å². The maximum atomic E-state index is 13.4. The first-order chi connectivity index (χ1) is 42.1. The highest BCUT2D eigenvalue weighted by Gasteiger charge is 2.47. The van der Waals surface area contributed by atoms with Crippen molar-refractivity contribution in [1.29, 1.82) is 5.26 Å². The van der Waals surface area contributed by atoms with Crippen LogP contribution < -0.4 is 9.80 Å². The molecule has 86 heavy (non-hydrogen) atoms. The fourth-order valence-corrected chi connectivity index (χ4v) is 15.1. The molecule has 0 radical (unpaired) electrons. The normalized spacial score (nSPS) is 13.8. The highest BCUT2D eigenvalue weighted by Crippen LogP contribution is 2.63. The number of nitrogens with zero attached hydrogens (tertiary/aromatic N) is 5. The Morgan fingerprint density at radius 2 is 0.593 bits per heavy atom. The molecule has 12 aromatic carbocycles. The van der Waals surface area contributed by atoms with Gasteiger partial charge in [0.05, 0.1) is 67.6 Å². The predicted octanol–water partition coefficient (Wildman–Crippen LogP) is 20.9. The van der Waals surface area contributed by atoms with Crippen LogP contribution in [0, 0.1) is 39.0 Å². The van der Waals surface area contributed by atoms with Gasteiger partial charge in [-0.1, -0.05) is 210 Å². The van der Waals surface area contributed by atoms with Gasteiger partial charge in [0.25, 0.3) is 0 Å². The lowest BCUT2D eigenvalue weighted by Gasteiger charge is -2.47. The number of fused-ring (bicyclic) bond motifs is 10. The van der Waals surface area contributed by atoms with Crippen molar-refractivity contribution in [2.45, 2.75) is 52.4 Å². The molecule has 410 valence electrons. The lowest BCUT2D eigenvalue weighted by molar-refractivity contribution is 0.680. The fourth-order valence-electron chi connectivity index (χ4n) is 15.1. The quantitative estimate of drug-likeness (QED) is 0.160. The molecule has 0 amide bonds. The summed E-state index contributed by atoms with van der Waals surface area (Å²) < 4.78 is 5.02. The van der Waals surface area contributed by atoms with E-state index in [9.17, 15) is 5.26 Å². The molecule has 0 fully saturated rings. The molecule has 0 bridgehead atoms. The monoisotopic (exact) mass is 1100 g/mol. The van der Waals surface area contributed by atoms with Gasteiger partial charge in [0.15, 0.2) is 0 Å². The smallest absolute Gasteiger partial charge is 0.104 e. The van der Waals surface area contributed by atoms with Crippen LogP contribution in [0.5, 0.6) is 0 Å². The van der Waals surface area contributed by atoms with Crippen LogP contribution in [0.1, 0.15) is 75.0 Å². The van der Waals surface area contributed by atoms with Gasteiger partial charge in [-0.3, -0.25) is 0 Å². The molecular weight excluding hydrogens is 1040 g/mol. The highest BCUT2D eigenvalue weighted by atomic mass is 15.2. The Kier molecular flexibility index (Phi) is 11.4. The van der Waals surface area contributed by atoms with Crippen molar-refractivity contribution in [1.82, 2.24) is 9.13 Å². The van der Waals surface area contributed by atoms with Gasteiger partial charge in [-0.2, -0.15) is 5.26 Å². The molecule has 0 atom stereocenters. The molecule has 2 aliphatic heterocycles. The van der Waals surface area contributed by atoms with Crippen LogP contribution in [0.2, 0.25) is 0 Å². The Morgan fingerprint density at radius 1 is 0.314 bits per heavy atom. The molecule has 0 N–H and O–H groups in total. The summed E-state index contributed by atoms with van der Waals surface area (Å²) >= 11 is 0. The molecular formula is C81H61N5. The van der Waals surface area contributed by atoms with Crippen LogP contribution >= 0.6 is 0 Å². The Hall–Kier alpha value is -10.7. The van der Waals surface area contributed by atoms with Crippen molar-refractivity contribution in [3.8, 4) is 28.6 Å². The third-order valence-corrected chi connectivity index (χ3v) is 19.1. The Balaban J connectivity index is 1.21. The van der Waals surface area contributed by atoms with Gasteiger partial charge in [-0.15, -0.1) is 0 Å². The van der Waals surface area contributed by atoms with Crippen molar-refractivity contribution >= 4 is 77.7 Å². The molecule has 0 spiro atoms. The zero-order valence-corrected chi connectivity index (χ0v) is 49.1. The van der Waals surface area contributed by atoms with E-state index < -0.39 is 10.8 Å². The standard InChI is InChI=1S/C81H61N5/c1-51-38-42-67-58(46-51)59-47-52(2)39-43-68(59)83(67)78-75(55-24-10-7-11-25-55)79(84-69-44-40-53(3)48-60(69)61-49-54(4)41-45-70(61)84)77(86-73-36-22-18-32-65(73)81(6,57-28-14-9-15-29-57)66-33-19-23-37-74(66)86)62(50-82)76(78)85-71-34-20-16-30-63(71)80(5,56-26-12-8-13-27-56)64-31-17-21-35-72(64)85/h7-49H,1-6H3. The minimum absolute atomic E-state index is 0.527. The fraction of sp³-hybridized carbons (Fsp3) is 0.0988. The van der Waals surface area contributed by atoms with Crippen molar-refractivity contribution < 1.29 is 0 Å². The Morgan fingerprint density at radius 3 is 0.895 bits per heavy atom. The second-order valence-electron chi connectivity index (χ2n) is 24.1. The van der Waals surface area contributed by atoms with Gasteiger partial charge < -0.3 is 18.9 Å². The van der Waals surface area contributed by atoms with E-state index in [4.69, 9.17) is 0 Å². The van der Waals surface area contributed by atoms with Crippen molar-refractivity contribution in [2.24, 2.45) is 0 Å². The van der Waals surface area contributed by atoms with Crippen molar-refractivity contribution in [2.75, 3.05) is 9.80 Å². The molecule has 2 aromatic heterocycles. The number of para-hydroxylation sites is 4. The van der Waals surface area contributed by atoms with Gasteiger partial charge in [-0.25, -0.2) is 0 Å². The molecule has 0 unspecified atom stereocenters. The third-order valence-electron chi connectivity index (χ3n) is 19.1. The second kappa shape index (κ2) is 19.2. The van der Waals surface area contributed by atoms with E-state index in [-0.39, 0.29) is 0 Å². The average Bonchev–Trinajstić information content (AvgIpc) is 1.05. The molecule has 2 aliphatic rings. The van der Waals surface area contributed by atoms with Gasteiger partial charge in [0.2, 0.25) is 0 Å². The first-order valence-electron chi connectivity index (χ1n) is 29.9. The van der Waals surface area contributed by atoms with E-state index in [2.05, 4.69) is 327 Å². The molecule has 16 rings (SSSR count). The predicted molar refractivity (Wildman–Crippen MR) is 358 cm³/mol. The molecule has 0 saturated carbocycles. The number of benzene rings is 12. The molecule has 4 heterocycles. The number of aromatic nitrogens is 2. The van der Waals surface area contributed by atoms with E-state index >= 15 is 0 Å². The summed E-state index contributed by atoms with van der Waals surface area (Å²) in [7, 11) is 0. The zero-order valence-electron chi connectivity index (χ0n) is 49.1. The lowest BCUT2D eigenvalue weighted by Crippen LogP contribution is -2.36. The van der Waals surface area contributed by atoms with Crippen LogP contribution in [0.4, 0.5) is 34.1 Å². The average molecular weight is 1100 g/mol. The molecule has 5 nitrogen and oxygen atoms in total. The summed E-state index contributed by atoms with van der Waals surface area (Å²) in [6, 6.07) is 99.4. The number of hydrogen-bond donors (Lipinski definition) is 0. The summed E-state index contributed by atoms with van der Waals surface area (Å²) in [6.45, 7) is 13.5. The number of aryl methyl sites for hydroxylation is 4. The first kappa shape index (κ1) is 51.0. The molecule has 0 aliphatic carbocycles. The maximum absolute atomic E-state index is 13.4. The van der Waals surface area contributed by atoms with E-state index in [0.29, 0.717) is 5.56 Å². The number of hydrogen-bond acceptors (Lipinski definition) is 3. The number of nitriles is 1. The van der Waals surface area contributed by atoms with Crippen LogP contribution in [-0.4, -0.2) is 9.13 Å². The first-order valence-corrected chi connectivity index (χ1v) is 29.9. The topological polar surface area (TPSA) is 40.1 Å². The summed E-state index contributed by atoms with van der Waals surface area (Å²) in [5.74, 6) is 0. The van der Waals surface area contributed by atoms with Crippen molar-refractivity contribution in [3.05, 3.63) is 322 Å². The summed E-state index contributed by atoms with van der Waals surface area (Å²) in [6.07, 6.45) is 0. The summed E-state index contributed by atoms with van der Waals surface area (Å²) in [5.41, 5.74) is 24.5. The van der Waals surface area contributed by atoms with Gasteiger partial charge in [-0.05, 0) is 153 Å². The van der Waals surface area contributed by atoms with E-state index in [0.717, 1.165) is 122 Å². The maximum Gasteiger partial charge on any atom is 0.104 e. The number of rotatable bonds is 7. The lowest BCUT2D eigenvalue weighted by atomic mass is 9.67. The van der Waals surface area contributed by atoms with Gasteiger partial charge >= 0.3 is 0 Å². The molecule has 0 saturated heterocycles.